The van der Waals surface area contributed by atoms with E-state index in [1.165, 1.54) is 0 Å². The Kier molecular flexibility index (Phi) is 6.41. The lowest BCUT2D eigenvalue weighted by molar-refractivity contribution is -0.125. The van der Waals surface area contributed by atoms with Crippen molar-refractivity contribution in [3.8, 4) is 0 Å². The van der Waals surface area contributed by atoms with Gasteiger partial charge < -0.3 is 4.90 Å². The van der Waals surface area contributed by atoms with E-state index < -0.39 is 5.41 Å². The summed E-state index contributed by atoms with van der Waals surface area (Å²) >= 11 is 0. The van der Waals surface area contributed by atoms with Crippen molar-refractivity contribution >= 4 is 5.78 Å². The summed E-state index contributed by atoms with van der Waals surface area (Å²) in [7, 11) is 4.17. The first-order chi connectivity index (χ1) is 12.2. The molecule has 2 aromatic rings. The van der Waals surface area contributed by atoms with Gasteiger partial charge in [0, 0.05) is 12.5 Å². The minimum absolute atomic E-state index is 0.0484. The maximum atomic E-state index is 13.8. The second kappa shape index (κ2) is 8.18. The Morgan fingerprint density at radius 1 is 0.885 bits per heavy atom. The molecule has 2 rings (SSSR count). The zero-order chi connectivity index (χ0) is 19.4. The van der Waals surface area contributed by atoms with Gasteiger partial charge >= 0.3 is 0 Å². The minimum Gasteiger partial charge on any atom is -0.307 e. The molecule has 1 atom stereocenters. The molecule has 0 radical (unpaired) electrons. The summed E-state index contributed by atoms with van der Waals surface area (Å²) < 4.78 is 0. The molecule has 140 valence electrons. The monoisotopic (exact) mass is 351 g/mol. The van der Waals surface area contributed by atoms with Crippen LogP contribution in [0.4, 0.5) is 0 Å². The molecule has 2 aromatic carbocycles. The van der Waals surface area contributed by atoms with Gasteiger partial charge in [0.2, 0.25) is 0 Å². The van der Waals surface area contributed by atoms with Crippen molar-refractivity contribution in [3.63, 3.8) is 0 Å². The molecule has 0 aliphatic heterocycles. The molecule has 0 aliphatic carbocycles. The van der Waals surface area contributed by atoms with E-state index in [-0.39, 0.29) is 11.5 Å². The van der Waals surface area contributed by atoms with Crippen LogP contribution < -0.4 is 0 Å². The summed E-state index contributed by atoms with van der Waals surface area (Å²) in [5, 5.41) is 0. The maximum Gasteiger partial charge on any atom is 0.148 e. The molecular weight excluding hydrogens is 318 g/mol. The third kappa shape index (κ3) is 4.62. The summed E-state index contributed by atoms with van der Waals surface area (Å²) in [6.45, 7) is 8.62. The Balaban J connectivity index is 2.68. The lowest BCUT2D eigenvalue weighted by Gasteiger charge is -2.39. The molecule has 0 N–H and O–H groups in total. The van der Waals surface area contributed by atoms with Crippen molar-refractivity contribution in [2.45, 2.75) is 52.0 Å². The Morgan fingerprint density at radius 3 is 1.65 bits per heavy atom. The van der Waals surface area contributed by atoms with Crippen LogP contribution >= 0.6 is 0 Å². The summed E-state index contributed by atoms with van der Waals surface area (Å²) in [5.74, 6) is 0.302. The molecule has 0 unspecified atom stereocenters. The molecule has 26 heavy (non-hydrogen) atoms. The molecule has 0 fully saturated rings. The number of Topliss-reactive ketones (excluding diaryl/α,β-unsaturated/α-hetero) is 1. The first kappa shape index (κ1) is 20.4. The summed E-state index contributed by atoms with van der Waals surface area (Å²) in [4.78, 5) is 16.0. The molecule has 0 amide bonds. The number of carbonyl (C=O) groups excluding carboxylic acids is 1. The summed E-state index contributed by atoms with van der Waals surface area (Å²) in [5.41, 5.74) is 1.51. The zero-order valence-electron chi connectivity index (χ0n) is 17.1. The highest BCUT2D eigenvalue weighted by Gasteiger charge is 2.43. The molecule has 0 aromatic heterocycles. The van der Waals surface area contributed by atoms with Crippen molar-refractivity contribution in [2.75, 3.05) is 14.1 Å². The van der Waals surface area contributed by atoms with Crippen molar-refractivity contribution in [3.05, 3.63) is 71.8 Å². The molecule has 0 saturated heterocycles. The van der Waals surface area contributed by atoms with Crippen molar-refractivity contribution < 1.29 is 4.79 Å². The normalized spacial score (nSPS) is 13.7. The predicted molar refractivity (Wildman–Crippen MR) is 111 cm³/mol. The highest BCUT2D eigenvalue weighted by molar-refractivity contribution is 5.94. The molecule has 2 nitrogen and oxygen atoms in total. The van der Waals surface area contributed by atoms with Crippen LogP contribution in [0.1, 0.15) is 51.7 Å². The second-order valence-electron chi connectivity index (χ2n) is 8.81. The first-order valence-electron chi connectivity index (χ1n) is 9.47. The van der Waals surface area contributed by atoms with Gasteiger partial charge in [-0.3, -0.25) is 4.79 Å². The fraction of sp³-hybridized carbons (Fsp3) is 0.458. The van der Waals surface area contributed by atoms with Crippen LogP contribution in [0.2, 0.25) is 0 Å². The number of nitrogens with zero attached hydrogens (tertiary/aromatic N) is 1. The van der Waals surface area contributed by atoms with Crippen LogP contribution in [-0.4, -0.2) is 30.8 Å². The van der Waals surface area contributed by atoms with Crippen LogP contribution in [-0.2, 0) is 10.2 Å². The average Bonchev–Trinajstić information content (AvgIpc) is 2.59. The third-order valence-electron chi connectivity index (χ3n) is 5.18. The second-order valence-corrected chi connectivity index (χ2v) is 8.81. The maximum absolute atomic E-state index is 13.8. The van der Waals surface area contributed by atoms with Gasteiger partial charge in [0.25, 0.3) is 0 Å². The van der Waals surface area contributed by atoms with E-state index in [1.54, 1.807) is 0 Å². The molecule has 0 spiro atoms. The average molecular weight is 352 g/mol. The lowest BCUT2D eigenvalue weighted by Crippen LogP contribution is -2.44. The number of benzene rings is 2. The number of ketones is 1. The SMILES string of the molecule is C[C@H](CC(C(=O)CC(C)(C)C)(c1ccccc1)c1ccccc1)N(C)C. The fourth-order valence-electron chi connectivity index (χ4n) is 3.54. The molecule has 0 aliphatic rings. The molecule has 0 heterocycles. The standard InChI is InChI=1S/C24H33NO/c1-19(25(5)6)17-24(20-13-9-7-10-14-20,21-15-11-8-12-16-21)22(26)18-23(2,3)4/h7-16,19H,17-18H2,1-6H3/t19-/m1/s1. The van der Waals surface area contributed by atoms with E-state index in [4.69, 9.17) is 0 Å². The largest absolute Gasteiger partial charge is 0.307 e. The predicted octanol–water partition coefficient (Wildman–Crippen LogP) is 5.32. The van der Waals surface area contributed by atoms with Gasteiger partial charge in [-0.2, -0.15) is 0 Å². The Hall–Kier alpha value is -1.93. The van der Waals surface area contributed by atoms with Crippen LogP contribution in [0.15, 0.2) is 60.7 Å². The number of hydrogen-bond acceptors (Lipinski definition) is 2. The highest BCUT2D eigenvalue weighted by Crippen LogP contribution is 2.41. The lowest BCUT2D eigenvalue weighted by atomic mass is 9.65. The molecule has 2 heteroatoms. The van der Waals surface area contributed by atoms with Crippen molar-refractivity contribution in [1.82, 2.24) is 4.90 Å². The van der Waals surface area contributed by atoms with Gasteiger partial charge in [-0.05, 0) is 44.0 Å². The Morgan fingerprint density at radius 2 is 1.31 bits per heavy atom. The molecular formula is C24H33NO. The Labute approximate surface area is 159 Å². The topological polar surface area (TPSA) is 20.3 Å². The van der Waals surface area contributed by atoms with Gasteiger partial charge in [-0.15, -0.1) is 0 Å². The highest BCUT2D eigenvalue weighted by atomic mass is 16.1. The van der Waals surface area contributed by atoms with Gasteiger partial charge in [0.05, 0.1) is 5.41 Å². The van der Waals surface area contributed by atoms with Crippen molar-refractivity contribution in [2.24, 2.45) is 5.41 Å². The number of rotatable bonds is 7. The van der Waals surface area contributed by atoms with Crippen LogP contribution in [0, 0.1) is 5.41 Å². The first-order valence-corrected chi connectivity index (χ1v) is 9.47. The van der Waals surface area contributed by atoms with E-state index >= 15 is 0 Å². The van der Waals surface area contributed by atoms with Gasteiger partial charge in [0.1, 0.15) is 5.78 Å². The van der Waals surface area contributed by atoms with E-state index in [0.29, 0.717) is 12.2 Å². The van der Waals surface area contributed by atoms with Crippen LogP contribution in [0.3, 0.4) is 0 Å². The Bertz CT molecular complexity index is 658. The van der Waals surface area contributed by atoms with Gasteiger partial charge in [0.15, 0.2) is 0 Å². The van der Waals surface area contributed by atoms with Crippen LogP contribution in [0.5, 0.6) is 0 Å². The van der Waals surface area contributed by atoms with E-state index in [0.717, 1.165) is 17.5 Å². The summed E-state index contributed by atoms with van der Waals surface area (Å²) in [6.07, 6.45) is 1.32. The number of hydrogen-bond donors (Lipinski definition) is 0. The zero-order valence-corrected chi connectivity index (χ0v) is 17.1. The third-order valence-corrected chi connectivity index (χ3v) is 5.18. The quantitative estimate of drug-likeness (QED) is 0.673. The number of carbonyl (C=O) groups is 1. The van der Waals surface area contributed by atoms with Crippen molar-refractivity contribution in [1.29, 1.82) is 0 Å². The smallest absolute Gasteiger partial charge is 0.148 e. The molecule has 0 bridgehead atoms. The van der Waals surface area contributed by atoms with Gasteiger partial charge in [-0.25, -0.2) is 0 Å². The summed E-state index contributed by atoms with van der Waals surface area (Å²) in [6, 6.07) is 20.9. The van der Waals surface area contributed by atoms with Crippen LogP contribution in [0.25, 0.3) is 0 Å². The van der Waals surface area contributed by atoms with E-state index in [1.807, 2.05) is 36.4 Å². The van der Waals surface area contributed by atoms with E-state index in [9.17, 15) is 4.79 Å². The van der Waals surface area contributed by atoms with Gasteiger partial charge in [-0.1, -0.05) is 81.4 Å². The minimum atomic E-state index is -0.626. The fourth-order valence-corrected chi connectivity index (χ4v) is 3.54. The molecule has 0 saturated carbocycles. The van der Waals surface area contributed by atoms with E-state index in [2.05, 4.69) is 71.0 Å².